The van der Waals surface area contributed by atoms with Gasteiger partial charge in [-0.05, 0) is 23.8 Å². The molecule has 1 heterocycles. The van der Waals surface area contributed by atoms with Crippen LogP contribution in [-0.4, -0.2) is 15.9 Å². The van der Waals surface area contributed by atoms with Crippen LogP contribution in [0.4, 0.5) is 23.2 Å². The Morgan fingerprint density at radius 3 is 2.33 bits per heavy atom. The molecule has 0 aliphatic heterocycles. The minimum Gasteiger partial charge on any atom is -0.364 e. The molecular weight excluding hydrogens is 372 g/mol. The minimum atomic E-state index is -4.89. The maximum atomic E-state index is 13.2. The first-order valence-corrected chi connectivity index (χ1v) is 7.28. The van der Waals surface area contributed by atoms with Gasteiger partial charge >= 0.3 is 6.18 Å². The highest BCUT2D eigenvalue weighted by molar-refractivity contribution is 6.15. The number of halogens is 4. The molecule has 0 atom stereocenters. The maximum Gasteiger partial charge on any atom is 0.416 e. The topological polar surface area (TPSA) is 86.2 Å². The van der Waals surface area contributed by atoms with Gasteiger partial charge in [-0.2, -0.15) is 13.2 Å². The molecular formula is C17H8F4N2O4. The number of benzene rings is 2. The molecule has 0 saturated heterocycles. The zero-order valence-electron chi connectivity index (χ0n) is 13.2. The molecule has 138 valence electrons. The fourth-order valence-electron chi connectivity index (χ4n) is 2.49. The van der Waals surface area contributed by atoms with Crippen LogP contribution in [0.1, 0.15) is 21.5 Å². The Morgan fingerprint density at radius 1 is 1.15 bits per heavy atom. The second-order valence-corrected chi connectivity index (χ2v) is 5.42. The van der Waals surface area contributed by atoms with E-state index >= 15 is 0 Å². The fraction of sp³-hybridized carbons (Fsp3) is 0.0588. The number of alkyl halides is 3. The number of nitrogens with zero attached hydrogens (tertiary/aromatic N) is 2. The molecule has 2 aromatic carbocycles. The Hall–Kier alpha value is -3.56. The number of carbonyl (C=O) groups is 1. The van der Waals surface area contributed by atoms with Crippen molar-refractivity contribution in [2.45, 2.75) is 6.18 Å². The quantitative estimate of drug-likeness (QED) is 0.285. The summed E-state index contributed by atoms with van der Waals surface area (Å²) in [4.78, 5) is 23.0. The molecule has 0 amide bonds. The third-order valence-corrected chi connectivity index (χ3v) is 3.72. The van der Waals surface area contributed by atoms with Gasteiger partial charge < -0.3 is 4.52 Å². The van der Waals surface area contributed by atoms with Crippen LogP contribution in [0.15, 0.2) is 53.4 Å². The number of aromatic nitrogens is 1. The van der Waals surface area contributed by atoms with Gasteiger partial charge in [-0.1, -0.05) is 17.3 Å². The van der Waals surface area contributed by atoms with Crippen LogP contribution >= 0.6 is 0 Å². The van der Waals surface area contributed by atoms with E-state index in [1.54, 1.807) is 0 Å². The van der Waals surface area contributed by atoms with Crippen molar-refractivity contribution in [1.29, 1.82) is 0 Å². The first kappa shape index (κ1) is 18.2. The molecule has 6 nitrogen and oxygen atoms in total. The first-order chi connectivity index (χ1) is 12.7. The van der Waals surface area contributed by atoms with E-state index in [4.69, 9.17) is 0 Å². The zero-order chi connectivity index (χ0) is 19.8. The Kier molecular flexibility index (Phi) is 4.48. The van der Waals surface area contributed by atoms with E-state index in [1.165, 1.54) is 0 Å². The van der Waals surface area contributed by atoms with Crippen LogP contribution in [0.3, 0.4) is 0 Å². The van der Waals surface area contributed by atoms with Gasteiger partial charge in [-0.3, -0.25) is 14.9 Å². The van der Waals surface area contributed by atoms with E-state index < -0.39 is 39.5 Å². The summed E-state index contributed by atoms with van der Waals surface area (Å²) in [7, 11) is 0. The summed E-state index contributed by atoms with van der Waals surface area (Å²) >= 11 is 0. The van der Waals surface area contributed by atoms with Gasteiger partial charge in [0, 0.05) is 11.6 Å². The summed E-state index contributed by atoms with van der Waals surface area (Å²) in [6.45, 7) is 0. The second-order valence-electron chi connectivity index (χ2n) is 5.42. The largest absolute Gasteiger partial charge is 0.416 e. The smallest absolute Gasteiger partial charge is 0.364 e. The minimum absolute atomic E-state index is 0.00500. The molecule has 0 aliphatic carbocycles. The van der Waals surface area contributed by atoms with Crippen molar-refractivity contribution in [3.8, 4) is 11.1 Å². The van der Waals surface area contributed by atoms with Gasteiger partial charge in [0.05, 0.1) is 22.2 Å². The van der Waals surface area contributed by atoms with E-state index in [0.717, 1.165) is 36.7 Å². The standard InChI is InChI=1S/C17H8F4N2O4/c18-12-3-1-9(2-4-12)13-5-11(17(19,20)21)6-14(23(25)26)15(13)16(24)10-7-22-27-8-10/h1-8H. The molecule has 3 rings (SSSR count). The highest BCUT2D eigenvalue weighted by Crippen LogP contribution is 2.39. The van der Waals surface area contributed by atoms with E-state index in [2.05, 4.69) is 9.68 Å². The molecule has 3 aromatic rings. The normalized spacial score (nSPS) is 11.4. The Morgan fingerprint density at radius 2 is 1.81 bits per heavy atom. The number of nitro benzene ring substituents is 1. The van der Waals surface area contributed by atoms with Crippen molar-refractivity contribution < 1.29 is 31.8 Å². The van der Waals surface area contributed by atoms with Crippen molar-refractivity contribution in [2.75, 3.05) is 0 Å². The van der Waals surface area contributed by atoms with Crippen molar-refractivity contribution in [3.05, 3.63) is 81.5 Å². The molecule has 0 spiro atoms. The van der Waals surface area contributed by atoms with E-state index in [1.807, 2.05) is 0 Å². The molecule has 0 saturated carbocycles. The third kappa shape index (κ3) is 3.54. The molecule has 27 heavy (non-hydrogen) atoms. The van der Waals surface area contributed by atoms with Gasteiger partial charge in [0.15, 0.2) is 0 Å². The van der Waals surface area contributed by atoms with Gasteiger partial charge in [-0.25, -0.2) is 4.39 Å². The van der Waals surface area contributed by atoms with Crippen LogP contribution in [0.5, 0.6) is 0 Å². The Bertz CT molecular complexity index is 1010. The van der Waals surface area contributed by atoms with Crippen LogP contribution < -0.4 is 0 Å². The molecule has 10 heteroatoms. The second kappa shape index (κ2) is 6.63. The van der Waals surface area contributed by atoms with Crippen molar-refractivity contribution in [3.63, 3.8) is 0 Å². The third-order valence-electron chi connectivity index (χ3n) is 3.72. The lowest BCUT2D eigenvalue weighted by Gasteiger charge is -2.13. The van der Waals surface area contributed by atoms with E-state index in [9.17, 15) is 32.5 Å². The Balaban J connectivity index is 2.36. The lowest BCUT2D eigenvalue weighted by atomic mass is 9.91. The van der Waals surface area contributed by atoms with Crippen LogP contribution in [0, 0.1) is 15.9 Å². The van der Waals surface area contributed by atoms with Crippen LogP contribution in [0.25, 0.3) is 11.1 Å². The highest BCUT2D eigenvalue weighted by Gasteiger charge is 2.36. The fourth-order valence-corrected chi connectivity index (χ4v) is 2.49. The van der Waals surface area contributed by atoms with Crippen molar-refractivity contribution >= 4 is 11.5 Å². The summed E-state index contributed by atoms with van der Waals surface area (Å²) in [5.74, 6) is -1.61. The van der Waals surface area contributed by atoms with Crippen molar-refractivity contribution in [1.82, 2.24) is 5.16 Å². The number of nitro groups is 1. The summed E-state index contributed by atoms with van der Waals surface area (Å²) in [6.07, 6.45) is -2.99. The van der Waals surface area contributed by atoms with Crippen molar-refractivity contribution in [2.24, 2.45) is 0 Å². The first-order valence-electron chi connectivity index (χ1n) is 7.28. The number of carbonyl (C=O) groups excluding carboxylic acids is 1. The lowest BCUT2D eigenvalue weighted by molar-refractivity contribution is -0.385. The van der Waals surface area contributed by atoms with Crippen LogP contribution in [0.2, 0.25) is 0 Å². The van der Waals surface area contributed by atoms with Crippen LogP contribution in [-0.2, 0) is 6.18 Å². The predicted molar refractivity (Wildman–Crippen MR) is 83.4 cm³/mol. The highest BCUT2D eigenvalue weighted by atomic mass is 19.4. The summed E-state index contributed by atoms with van der Waals surface area (Å²) < 4.78 is 57.3. The molecule has 1 aromatic heterocycles. The van der Waals surface area contributed by atoms with Gasteiger partial charge in [0.1, 0.15) is 17.6 Å². The molecule has 0 aliphatic rings. The predicted octanol–water partition coefficient (Wildman–Crippen LogP) is 4.64. The molecule has 0 N–H and O–H groups in total. The van der Waals surface area contributed by atoms with E-state index in [0.29, 0.717) is 6.07 Å². The molecule has 0 fully saturated rings. The zero-order valence-corrected chi connectivity index (χ0v) is 13.2. The lowest BCUT2D eigenvalue weighted by Crippen LogP contribution is -2.12. The Labute approximate surface area is 148 Å². The SMILES string of the molecule is O=C(c1cnoc1)c1c(-c2ccc(F)cc2)cc(C(F)(F)F)cc1[N+](=O)[O-]. The molecule has 0 radical (unpaired) electrons. The summed E-state index contributed by atoms with van der Waals surface area (Å²) in [5, 5.41) is 14.7. The summed E-state index contributed by atoms with van der Waals surface area (Å²) in [6, 6.07) is 5.08. The van der Waals surface area contributed by atoms with Gasteiger partial charge in [0.2, 0.25) is 5.78 Å². The maximum absolute atomic E-state index is 13.2. The average Bonchev–Trinajstić information content (AvgIpc) is 3.14. The summed E-state index contributed by atoms with van der Waals surface area (Å²) in [5.41, 5.74) is -3.46. The molecule has 0 unspecified atom stereocenters. The van der Waals surface area contributed by atoms with Gasteiger partial charge in [0.25, 0.3) is 5.69 Å². The number of ketones is 1. The average molecular weight is 380 g/mol. The number of rotatable bonds is 4. The van der Waals surface area contributed by atoms with E-state index in [-0.39, 0.29) is 22.8 Å². The molecule has 0 bridgehead atoms. The van der Waals surface area contributed by atoms with Gasteiger partial charge in [-0.15, -0.1) is 0 Å². The number of hydrogen-bond donors (Lipinski definition) is 0. The monoisotopic (exact) mass is 380 g/mol. The number of hydrogen-bond acceptors (Lipinski definition) is 5.